The molecule has 0 bridgehead atoms. The van der Waals surface area contributed by atoms with Crippen LogP contribution >= 0.6 is 11.8 Å². The first kappa shape index (κ1) is 18.3. The second-order valence-corrected chi connectivity index (χ2v) is 7.36. The molecule has 4 rings (SSSR count). The van der Waals surface area contributed by atoms with Crippen LogP contribution in [0.25, 0.3) is 10.9 Å². The Morgan fingerprint density at radius 2 is 2.04 bits per heavy atom. The minimum Gasteiger partial charge on any atom is -0.467 e. The first-order valence-electron chi connectivity index (χ1n) is 8.86. The topological polar surface area (TPSA) is 106 Å². The van der Waals surface area contributed by atoms with Gasteiger partial charge in [-0.2, -0.15) is 0 Å². The van der Waals surface area contributed by atoms with Gasteiger partial charge in [0.25, 0.3) is 5.56 Å². The van der Waals surface area contributed by atoms with Crippen LogP contribution in [-0.2, 0) is 11.3 Å². The fourth-order valence-electron chi connectivity index (χ4n) is 2.80. The van der Waals surface area contributed by atoms with Crippen molar-refractivity contribution in [3.8, 4) is 0 Å². The van der Waals surface area contributed by atoms with Crippen LogP contribution in [0.4, 0.5) is 4.79 Å². The molecule has 0 saturated heterocycles. The summed E-state index contributed by atoms with van der Waals surface area (Å²) in [5.41, 5.74) is 0.510. The summed E-state index contributed by atoms with van der Waals surface area (Å²) in [5, 5.41) is 5.87. The van der Waals surface area contributed by atoms with E-state index in [1.807, 2.05) is 12.1 Å². The molecule has 0 unspecified atom stereocenters. The van der Waals surface area contributed by atoms with E-state index in [1.165, 1.54) is 6.26 Å². The number of fused-ring (bicyclic) bond motifs is 1. The van der Waals surface area contributed by atoms with Crippen LogP contribution in [0, 0.1) is 0 Å². The van der Waals surface area contributed by atoms with Crippen LogP contribution in [0.1, 0.15) is 24.6 Å². The Balaban J connectivity index is 1.40. The molecule has 9 heteroatoms. The van der Waals surface area contributed by atoms with Gasteiger partial charge in [0.1, 0.15) is 5.76 Å². The lowest BCUT2D eigenvalue weighted by atomic mass is 10.2. The van der Waals surface area contributed by atoms with Gasteiger partial charge < -0.3 is 9.73 Å². The molecule has 3 aromatic rings. The average molecular weight is 398 g/mol. The quantitative estimate of drug-likeness (QED) is 0.488. The molecule has 1 saturated carbocycles. The number of benzene rings is 1. The van der Waals surface area contributed by atoms with E-state index in [1.54, 1.807) is 28.8 Å². The molecule has 0 radical (unpaired) electrons. The molecule has 2 heterocycles. The van der Waals surface area contributed by atoms with Gasteiger partial charge in [0.15, 0.2) is 5.16 Å². The van der Waals surface area contributed by atoms with Gasteiger partial charge >= 0.3 is 6.03 Å². The number of carbonyl (C=O) groups excluding carboxylic acids is 2. The number of furan rings is 1. The highest BCUT2D eigenvalue weighted by atomic mass is 32.2. The number of nitrogens with zero attached hydrogens (tertiary/aromatic N) is 2. The van der Waals surface area contributed by atoms with Gasteiger partial charge in [-0.05, 0) is 37.1 Å². The van der Waals surface area contributed by atoms with Crippen LogP contribution in [-0.4, -0.2) is 27.2 Å². The van der Waals surface area contributed by atoms with E-state index >= 15 is 0 Å². The maximum absolute atomic E-state index is 12.8. The third kappa shape index (κ3) is 4.09. The molecule has 3 amide bonds. The normalized spacial score (nSPS) is 13.4. The highest BCUT2D eigenvalue weighted by molar-refractivity contribution is 7.99. The van der Waals surface area contributed by atoms with Crippen molar-refractivity contribution >= 4 is 34.6 Å². The van der Waals surface area contributed by atoms with Crippen molar-refractivity contribution < 1.29 is 14.0 Å². The lowest BCUT2D eigenvalue weighted by Crippen LogP contribution is -2.40. The molecule has 8 nitrogen and oxygen atoms in total. The van der Waals surface area contributed by atoms with Gasteiger partial charge in [-0.25, -0.2) is 9.78 Å². The van der Waals surface area contributed by atoms with Crippen molar-refractivity contribution in [1.82, 2.24) is 20.2 Å². The van der Waals surface area contributed by atoms with Crippen molar-refractivity contribution in [2.45, 2.75) is 30.6 Å². The van der Waals surface area contributed by atoms with E-state index in [-0.39, 0.29) is 23.9 Å². The summed E-state index contributed by atoms with van der Waals surface area (Å²) in [5.74, 6) is 0.101. The van der Waals surface area contributed by atoms with Crippen molar-refractivity contribution in [3.05, 3.63) is 58.8 Å². The number of imide groups is 1. The van der Waals surface area contributed by atoms with E-state index in [0.717, 1.165) is 24.6 Å². The Morgan fingerprint density at radius 3 is 2.79 bits per heavy atom. The van der Waals surface area contributed by atoms with Crippen molar-refractivity contribution in [2.24, 2.45) is 0 Å². The molecule has 0 atom stereocenters. The maximum atomic E-state index is 12.8. The second kappa shape index (κ2) is 7.89. The molecule has 1 fully saturated rings. The zero-order chi connectivity index (χ0) is 19.5. The molecular formula is C19H18N4O4S. The molecule has 144 valence electrons. The van der Waals surface area contributed by atoms with Crippen LogP contribution < -0.4 is 16.2 Å². The fraction of sp³-hybridized carbons (Fsp3) is 0.263. The monoisotopic (exact) mass is 398 g/mol. The van der Waals surface area contributed by atoms with Gasteiger partial charge in [-0.1, -0.05) is 23.9 Å². The minimum absolute atomic E-state index is 0.0222. The van der Waals surface area contributed by atoms with Crippen molar-refractivity contribution in [2.75, 3.05) is 5.75 Å². The molecule has 0 spiro atoms. The first-order valence-corrected chi connectivity index (χ1v) is 9.84. The molecule has 0 aliphatic heterocycles. The average Bonchev–Trinajstić information content (AvgIpc) is 3.38. The summed E-state index contributed by atoms with van der Waals surface area (Å²) < 4.78 is 6.77. The molecular weight excluding hydrogens is 380 g/mol. The Hall–Kier alpha value is -3.07. The third-order valence-corrected chi connectivity index (χ3v) is 5.23. The Morgan fingerprint density at radius 1 is 1.21 bits per heavy atom. The standard InChI is InChI=1S/C19H18N4O4S/c24-16(22-18(26)20-10-13-4-3-9-27-13)11-28-19-21-15-6-2-1-5-14(15)17(25)23(19)12-7-8-12/h1-6,9,12H,7-8,10-11H2,(H2,20,22,24,26). The van der Waals surface area contributed by atoms with Crippen molar-refractivity contribution in [1.29, 1.82) is 0 Å². The van der Waals surface area contributed by atoms with Crippen LogP contribution in [0.3, 0.4) is 0 Å². The smallest absolute Gasteiger partial charge is 0.321 e. The number of nitrogens with one attached hydrogen (secondary N) is 2. The lowest BCUT2D eigenvalue weighted by molar-refractivity contribution is -0.117. The fourth-order valence-corrected chi connectivity index (χ4v) is 3.67. The molecule has 1 aromatic carbocycles. The van der Waals surface area contributed by atoms with Gasteiger partial charge in [0.05, 0.1) is 29.5 Å². The maximum Gasteiger partial charge on any atom is 0.321 e. The van der Waals surface area contributed by atoms with Gasteiger partial charge in [-0.15, -0.1) is 0 Å². The highest BCUT2D eigenvalue weighted by Crippen LogP contribution is 2.36. The van der Waals surface area contributed by atoms with Crippen LogP contribution in [0.2, 0.25) is 0 Å². The third-order valence-electron chi connectivity index (χ3n) is 4.28. The van der Waals surface area contributed by atoms with Crippen LogP contribution in [0.5, 0.6) is 0 Å². The van der Waals surface area contributed by atoms with Gasteiger partial charge in [0, 0.05) is 6.04 Å². The van der Waals surface area contributed by atoms with Crippen LogP contribution in [0.15, 0.2) is 57.0 Å². The second-order valence-electron chi connectivity index (χ2n) is 6.42. The van der Waals surface area contributed by atoms with E-state index in [0.29, 0.717) is 21.8 Å². The first-order chi connectivity index (χ1) is 13.6. The number of aromatic nitrogens is 2. The van der Waals surface area contributed by atoms with Gasteiger partial charge in [0.2, 0.25) is 5.91 Å². The molecule has 2 aromatic heterocycles. The molecule has 1 aliphatic carbocycles. The summed E-state index contributed by atoms with van der Waals surface area (Å²) in [4.78, 5) is 41.2. The number of carbonyl (C=O) groups is 2. The number of rotatable bonds is 6. The Bertz CT molecular complexity index is 1070. The summed E-state index contributed by atoms with van der Waals surface area (Å²) in [6.07, 6.45) is 3.36. The predicted octanol–water partition coefficient (Wildman–Crippen LogP) is 2.44. The SMILES string of the molecule is O=C(CSc1nc2ccccc2c(=O)n1C1CC1)NC(=O)NCc1ccco1. The summed E-state index contributed by atoms with van der Waals surface area (Å²) in [6, 6.07) is 10.1. The summed E-state index contributed by atoms with van der Waals surface area (Å²) >= 11 is 1.15. The zero-order valence-corrected chi connectivity index (χ0v) is 15.7. The van der Waals surface area contributed by atoms with E-state index in [4.69, 9.17) is 4.42 Å². The lowest BCUT2D eigenvalue weighted by Gasteiger charge is -2.12. The molecule has 1 aliphatic rings. The minimum atomic E-state index is -0.604. The predicted molar refractivity (Wildman–Crippen MR) is 104 cm³/mol. The number of hydrogen-bond acceptors (Lipinski definition) is 6. The summed E-state index contributed by atoms with van der Waals surface area (Å²) in [6.45, 7) is 0.187. The number of thioether (sulfide) groups is 1. The van der Waals surface area contributed by atoms with E-state index < -0.39 is 11.9 Å². The molecule has 2 N–H and O–H groups in total. The molecule has 28 heavy (non-hydrogen) atoms. The van der Waals surface area contributed by atoms with Gasteiger partial charge in [-0.3, -0.25) is 19.5 Å². The zero-order valence-electron chi connectivity index (χ0n) is 14.9. The van der Waals surface area contributed by atoms with E-state index in [2.05, 4.69) is 15.6 Å². The Labute approximate surface area is 164 Å². The highest BCUT2D eigenvalue weighted by Gasteiger charge is 2.28. The Kier molecular flexibility index (Phi) is 5.16. The number of urea groups is 1. The van der Waals surface area contributed by atoms with Crippen molar-refractivity contribution in [3.63, 3.8) is 0 Å². The summed E-state index contributed by atoms with van der Waals surface area (Å²) in [7, 11) is 0. The van der Waals surface area contributed by atoms with E-state index in [9.17, 15) is 14.4 Å². The number of hydrogen-bond donors (Lipinski definition) is 2. The largest absolute Gasteiger partial charge is 0.467 e. The number of amides is 3. The number of para-hydroxylation sites is 1.